The topological polar surface area (TPSA) is 35.2 Å². The number of thiol groups is 1. The van der Waals surface area contributed by atoms with Crippen molar-refractivity contribution in [3.8, 4) is 5.75 Å². The summed E-state index contributed by atoms with van der Waals surface area (Å²) in [5.74, 6) is 0.811. The number of benzene rings is 1. The largest absolute Gasteiger partial charge is 0.480 e. The molecule has 1 aromatic carbocycles. The second-order valence-electron chi connectivity index (χ2n) is 5.76. The Morgan fingerprint density at radius 1 is 1.00 bits per heavy atom. The van der Waals surface area contributed by atoms with Crippen molar-refractivity contribution >= 4 is 18.3 Å². The first kappa shape index (κ1) is 18.2. The number of hydrogen-bond acceptors (Lipinski definition) is 3. The smallest absolute Gasteiger partial charge is 0.141 e. The molecule has 1 atom stereocenters. The van der Waals surface area contributed by atoms with E-state index < -0.39 is 0 Å². The highest BCUT2D eigenvalue weighted by Gasteiger charge is 2.04. The molecule has 1 aromatic rings. The van der Waals surface area contributed by atoms with Crippen molar-refractivity contribution in [2.75, 3.05) is 5.73 Å². The van der Waals surface area contributed by atoms with Crippen molar-refractivity contribution < 1.29 is 4.74 Å². The Morgan fingerprint density at radius 3 is 2.24 bits per heavy atom. The summed E-state index contributed by atoms with van der Waals surface area (Å²) >= 11 is 4.49. The highest BCUT2D eigenvalue weighted by atomic mass is 32.1. The lowest BCUT2D eigenvalue weighted by Gasteiger charge is -2.14. The molecular formula is C18H31NOS. The molecule has 0 saturated heterocycles. The molecule has 3 heteroatoms. The molecule has 21 heavy (non-hydrogen) atoms. The Balaban J connectivity index is 1.97. The predicted octanol–water partition coefficient (Wildman–Crippen LogP) is 5.82. The molecule has 0 amide bonds. The first-order chi connectivity index (χ1) is 10.2. The van der Waals surface area contributed by atoms with Gasteiger partial charge in [0.2, 0.25) is 0 Å². The summed E-state index contributed by atoms with van der Waals surface area (Å²) in [6.45, 7) is 2.26. The van der Waals surface area contributed by atoms with Gasteiger partial charge in [-0.3, -0.25) is 0 Å². The zero-order valence-corrected chi connectivity index (χ0v) is 14.3. The number of rotatable bonds is 12. The summed E-state index contributed by atoms with van der Waals surface area (Å²) in [6.07, 6.45) is 13.1. The summed E-state index contributed by atoms with van der Waals surface area (Å²) < 4.78 is 5.75. The molecule has 0 saturated carbocycles. The Morgan fingerprint density at radius 2 is 1.62 bits per heavy atom. The number of hydrogen-bond donors (Lipinski definition) is 2. The molecule has 120 valence electrons. The van der Waals surface area contributed by atoms with E-state index in [-0.39, 0.29) is 5.44 Å². The third-order valence-electron chi connectivity index (χ3n) is 3.68. The Labute approximate surface area is 135 Å². The van der Waals surface area contributed by atoms with Gasteiger partial charge in [0, 0.05) is 11.8 Å². The van der Waals surface area contributed by atoms with Crippen LogP contribution in [0.1, 0.15) is 71.1 Å². The molecular weight excluding hydrogens is 278 g/mol. The van der Waals surface area contributed by atoms with E-state index in [1.54, 1.807) is 0 Å². The van der Waals surface area contributed by atoms with Crippen molar-refractivity contribution in [2.45, 2.75) is 76.6 Å². The van der Waals surface area contributed by atoms with Crippen LogP contribution in [0, 0.1) is 0 Å². The van der Waals surface area contributed by atoms with Crippen LogP contribution in [0.2, 0.25) is 0 Å². The summed E-state index contributed by atoms with van der Waals surface area (Å²) in [5, 5.41) is 0. The Hall–Kier alpha value is -0.830. The normalized spacial score (nSPS) is 12.3. The molecule has 2 nitrogen and oxygen atoms in total. The monoisotopic (exact) mass is 309 g/mol. The molecule has 1 rings (SSSR count). The van der Waals surface area contributed by atoms with E-state index in [9.17, 15) is 0 Å². The van der Waals surface area contributed by atoms with E-state index in [1.165, 1.54) is 57.8 Å². The second-order valence-corrected chi connectivity index (χ2v) is 6.34. The average Bonchev–Trinajstić information content (AvgIpc) is 2.45. The van der Waals surface area contributed by atoms with Crippen LogP contribution >= 0.6 is 12.6 Å². The maximum absolute atomic E-state index is 5.75. The first-order valence-electron chi connectivity index (χ1n) is 8.42. The van der Waals surface area contributed by atoms with Gasteiger partial charge in [-0.1, -0.05) is 64.4 Å². The minimum Gasteiger partial charge on any atom is -0.480 e. The van der Waals surface area contributed by atoms with Crippen LogP contribution < -0.4 is 10.5 Å². The van der Waals surface area contributed by atoms with Gasteiger partial charge in [0.15, 0.2) is 0 Å². The van der Waals surface area contributed by atoms with Crippen molar-refractivity contribution in [3.63, 3.8) is 0 Å². The third kappa shape index (κ3) is 9.67. The van der Waals surface area contributed by atoms with E-state index in [4.69, 9.17) is 10.5 Å². The van der Waals surface area contributed by atoms with Gasteiger partial charge in [0.05, 0.1) is 0 Å². The number of nitrogen functional groups attached to an aromatic ring is 1. The quantitative estimate of drug-likeness (QED) is 0.221. The van der Waals surface area contributed by atoms with Gasteiger partial charge in [0.25, 0.3) is 0 Å². The van der Waals surface area contributed by atoms with E-state index in [1.807, 2.05) is 24.3 Å². The fourth-order valence-corrected chi connectivity index (χ4v) is 2.74. The van der Waals surface area contributed by atoms with Crippen LogP contribution in [0.4, 0.5) is 5.69 Å². The van der Waals surface area contributed by atoms with Crippen LogP contribution in [0.25, 0.3) is 0 Å². The van der Waals surface area contributed by atoms with Gasteiger partial charge in [-0.05, 0) is 25.0 Å². The number of ether oxygens (including phenoxy) is 1. The van der Waals surface area contributed by atoms with Crippen molar-refractivity contribution in [3.05, 3.63) is 24.3 Å². The van der Waals surface area contributed by atoms with E-state index in [0.717, 1.165) is 17.9 Å². The molecule has 0 spiro atoms. The average molecular weight is 310 g/mol. The Bertz CT molecular complexity index is 370. The lowest BCUT2D eigenvalue weighted by molar-refractivity contribution is 0.273. The summed E-state index contributed by atoms with van der Waals surface area (Å²) in [6, 6.07) is 7.54. The molecule has 0 fully saturated rings. The van der Waals surface area contributed by atoms with Gasteiger partial charge in [-0.2, -0.15) is 0 Å². The fourth-order valence-electron chi connectivity index (χ4n) is 2.43. The molecule has 1 unspecified atom stereocenters. The highest BCUT2D eigenvalue weighted by Crippen LogP contribution is 2.20. The van der Waals surface area contributed by atoms with E-state index in [2.05, 4.69) is 19.6 Å². The highest BCUT2D eigenvalue weighted by molar-refractivity contribution is 7.80. The maximum Gasteiger partial charge on any atom is 0.141 e. The maximum atomic E-state index is 5.75. The van der Waals surface area contributed by atoms with Crippen molar-refractivity contribution in [1.29, 1.82) is 0 Å². The van der Waals surface area contributed by atoms with Crippen LogP contribution in [0.3, 0.4) is 0 Å². The van der Waals surface area contributed by atoms with Crippen LogP contribution in [0.5, 0.6) is 5.75 Å². The summed E-state index contributed by atoms with van der Waals surface area (Å²) in [7, 11) is 0. The molecule has 0 bridgehead atoms. The zero-order valence-electron chi connectivity index (χ0n) is 13.4. The molecule has 0 aliphatic heterocycles. The minimum absolute atomic E-state index is 0.0312. The molecule has 0 aliphatic carbocycles. The van der Waals surface area contributed by atoms with Crippen molar-refractivity contribution in [2.24, 2.45) is 0 Å². The molecule has 0 radical (unpaired) electrons. The lowest BCUT2D eigenvalue weighted by Crippen LogP contribution is -2.08. The molecule has 0 heterocycles. The second kappa shape index (κ2) is 11.8. The summed E-state index contributed by atoms with van der Waals surface area (Å²) in [5.41, 5.74) is 6.43. The molecule has 2 N–H and O–H groups in total. The third-order valence-corrected chi connectivity index (χ3v) is 4.05. The van der Waals surface area contributed by atoms with Gasteiger partial charge in [-0.15, -0.1) is 12.6 Å². The van der Waals surface area contributed by atoms with Gasteiger partial charge < -0.3 is 10.5 Å². The number of unbranched alkanes of at least 4 members (excludes halogenated alkanes) is 8. The zero-order chi connectivity index (χ0) is 15.3. The number of nitrogens with two attached hydrogens (primary N) is 1. The predicted molar refractivity (Wildman–Crippen MR) is 96.1 cm³/mol. The van der Waals surface area contributed by atoms with Gasteiger partial charge >= 0.3 is 0 Å². The molecule has 0 aliphatic rings. The van der Waals surface area contributed by atoms with Gasteiger partial charge in [-0.25, -0.2) is 0 Å². The Kier molecular flexibility index (Phi) is 10.2. The SMILES string of the molecule is CCCCCCCCCCCC(S)Oc1cccc(N)c1. The van der Waals surface area contributed by atoms with Crippen LogP contribution in [-0.4, -0.2) is 5.44 Å². The number of anilines is 1. The van der Waals surface area contributed by atoms with Crippen molar-refractivity contribution in [1.82, 2.24) is 0 Å². The first-order valence-corrected chi connectivity index (χ1v) is 8.94. The molecule has 0 aromatic heterocycles. The van der Waals surface area contributed by atoms with Crippen LogP contribution in [-0.2, 0) is 0 Å². The van der Waals surface area contributed by atoms with E-state index in [0.29, 0.717) is 0 Å². The fraction of sp³-hybridized carbons (Fsp3) is 0.667. The minimum atomic E-state index is -0.0312. The van der Waals surface area contributed by atoms with Gasteiger partial charge in [0.1, 0.15) is 11.2 Å². The van der Waals surface area contributed by atoms with Crippen LogP contribution in [0.15, 0.2) is 24.3 Å². The van der Waals surface area contributed by atoms with E-state index >= 15 is 0 Å². The lowest BCUT2D eigenvalue weighted by atomic mass is 10.1. The standard InChI is InChI=1S/C18H31NOS/c1-2-3-4-5-6-7-8-9-10-14-18(21)20-17-13-11-12-16(19)15-17/h11-13,15,18,21H,2-10,14,19H2,1H3. The summed E-state index contributed by atoms with van der Waals surface area (Å²) in [4.78, 5) is 0.